The molecule has 19 heavy (non-hydrogen) atoms. The molecule has 0 aromatic rings. The highest BCUT2D eigenvalue weighted by molar-refractivity contribution is 5.78. The van der Waals surface area contributed by atoms with Gasteiger partial charge in [0.2, 0.25) is 5.91 Å². The Morgan fingerprint density at radius 1 is 1.16 bits per heavy atom. The molecule has 0 spiro atoms. The van der Waals surface area contributed by atoms with Crippen molar-refractivity contribution in [3.8, 4) is 0 Å². The summed E-state index contributed by atoms with van der Waals surface area (Å²) in [5, 5.41) is 3.16. The van der Waals surface area contributed by atoms with Crippen LogP contribution in [0.3, 0.4) is 0 Å². The van der Waals surface area contributed by atoms with Gasteiger partial charge in [-0.15, -0.1) is 0 Å². The van der Waals surface area contributed by atoms with Crippen LogP contribution in [0, 0.1) is 0 Å². The highest BCUT2D eigenvalue weighted by atomic mass is 16.5. The number of hydrogen-bond donors (Lipinski definition) is 1. The molecule has 1 aliphatic rings. The number of likely N-dealkylation sites (tertiary alicyclic amines) is 1. The Bertz CT molecular complexity index is 239. The van der Waals surface area contributed by atoms with Gasteiger partial charge >= 0.3 is 0 Å². The van der Waals surface area contributed by atoms with Gasteiger partial charge in [0.05, 0.1) is 19.8 Å². The van der Waals surface area contributed by atoms with E-state index in [0.29, 0.717) is 13.2 Å². The molecule has 0 aliphatic carbocycles. The minimum absolute atomic E-state index is 0.232. The Labute approximate surface area is 117 Å². The van der Waals surface area contributed by atoms with E-state index in [4.69, 9.17) is 4.74 Å². The zero-order valence-corrected chi connectivity index (χ0v) is 12.5. The maximum Gasteiger partial charge on any atom is 0.236 e. The summed E-state index contributed by atoms with van der Waals surface area (Å²) in [6, 6.07) is 0. The largest absolute Gasteiger partial charge is 0.379 e. The first-order valence-electron chi connectivity index (χ1n) is 7.41. The van der Waals surface area contributed by atoms with E-state index in [2.05, 4.69) is 10.2 Å². The van der Waals surface area contributed by atoms with Crippen LogP contribution in [0.2, 0.25) is 0 Å². The smallest absolute Gasteiger partial charge is 0.236 e. The van der Waals surface area contributed by atoms with Crippen LogP contribution in [0.1, 0.15) is 25.7 Å². The third kappa shape index (κ3) is 8.18. The molecule has 0 unspecified atom stereocenters. The quantitative estimate of drug-likeness (QED) is 0.655. The van der Waals surface area contributed by atoms with Gasteiger partial charge in [0, 0.05) is 26.2 Å². The summed E-state index contributed by atoms with van der Waals surface area (Å²) in [5.74, 6) is 0.232. The van der Waals surface area contributed by atoms with Crippen molar-refractivity contribution in [2.45, 2.75) is 25.7 Å². The number of nitrogens with zero attached hydrogens (tertiary/aromatic N) is 2. The summed E-state index contributed by atoms with van der Waals surface area (Å²) < 4.78 is 5.46. The maximum absolute atomic E-state index is 11.9. The van der Waals surface area contributed by atoms with E-state index in [0.717, 1.165) is 45.6 Å². The average Bonchev–Trinajstić information content (AvgIpc) is 2.66. The molecule has 0 bridgehead atoms. The molecular formula is C14H29N3O2. The fourth-order valence-electron chi connectivity index (χ4n) is 2.12. The lowest BCUT2D eigenvalue weighted by molar-refractivity contribution is -0.130. The van der Waals surface area contributed by atoms with E-state index < -0.39 is 0 Å². The summed E-state index contributed by atoms with van der Waals surface area (Å²) in [6.45, 7) is 5.40. The molecule has 1 N–H and O–H groups in total. The zero-order valence-electron chi connectivity index (χ0n) is 12.5. The second kappa shape index (κ2) is 10.2. The molecule has 0 atom stereocenters. The number of amides is 1. The Morgan fingerprint density at radius 2 is 1.84 bits per heavy atom. The van der Waals surface area contributed by atoms with Crippen LogP contribution in [0.15, 0.2) is 0 Å². The summed E-state index contributed by atoms with van der Waals surface area (Å²) in [5.41, 5.74) is 0. The van der Waals surface area contributed by atoms with Crippen molar-refractivity contribution in [1.82, 2.24) is 15.1 Å². The molecule has 0 aromatic carbocycles. The standard InChI is InChI=1S/C14H29N3O2/c1-16(2)10-12-19-11-7-15-13-14(18)17-8-5-3-4-6-9-17/h15H,3-13H2,1-2H3. The fourth-order valence-corrected chi connectivity index (χ4v) is 2.12. The zero-order chi connectivity index (χ0) is 13.9. The lowest BCUT2D eigenvalue weighted by Gasteiger charge is -2.20. The van der Waals surface area contributed by atoms with Gasteiger partial charge in [0.25, 0.3) is 0 Å². The van der Waals surface area contributed by atoms with Crippen molar-refractivity contribution in [2.75, 3.05) is 60.0 Å². The number of carbonyl (C=O) groups is 1. The van der Waals surface area contributed by atoms with E-state index in [1.54, 1.807) is 0 Å². The van der Waals surface area contributed by atoms with Gasteiger partial charge in [0.15, 0.2) is 0 Å². The predicted molar refractivity (Wildman–Crippen MR) is 77.3 cm³/mol. The number of hydrogen-bond acceptors (Lipinski definition) is 4. The van der Waals surface area contributed by atoms with Crippen molar-refractivity contribution in [3.05, 3.63) is 0 Å². The van der Waals surface area contributed by atoms with E-state index in [1.807, 2.05) is 19.0 Å². The number of nitrogens with one attached hydrogen (secondary N) is 1. The van der Waals surface area contributed by atoms with Gasteiger partial charge in [-0.2, -0.15) is 0 Å². The molecule has 5 nitrogen and oxygen atoms in total. The summed E-state index contributed by atoms with van der Waals surface area (Å²) >= 11 is 0. The van der Waals surface area contributed by atoms with Crippen molar-refractivity contribution in [3.63, 3.8) is 0 Å². The van der Waals surface area contributed by atoms with Crippen LogP contribution in [-0.4, -0.2) is 75.7 Å². The Morgan fingerprint density at radius 3 is 2.47 bits per heavy atom. The van der Waals surface area contributed by atoms with Crippen LogP contribution in [0.4, 0.5) is 0 Å². The lowest BCUT2D eigenvalue weighted by atomic mass is 10.2. The Kier molecular flexibility index (Phi) is 8.79. The first-order valence-corrected chi connectivity index (χ1v) is 7.41. The molecule has 1 aliphatic heterocycles. The molecule has 1 fully saturated rings. The van der Waals surface area contributed by atoms with Gasteiger partial charge in [-0.05, 0) is 26.9 Å². The highest BCUT2D eigenvalue weighted by Crippen LogP contribution is 2.09. The lowest BCUT2D eigenvalue weighted by Crippen LogP contribution is -2.39. The van der Waals surface area contributed by atoms with Gasteiger partial charge in [0.1, 0.15) is 0 Å². The fraction of sp³-hybridized carbons (Fsp3) is 0.929. The normalized spacial score (nSPS) is 16.7. The van der Waals surface area contributed by atoms with Gasteiger partial charge < -0.3 is 19.9 Å². The van der Waals surface area contributed by atoms with E-state index >= 15 is 0 Å². The van der Waals surface area contributed by atoms with E-state index in [-0.39, 0.29) is 5.91 Å². The summed E-state index contributed by atoms with van der Waals surface area (Å²) in [7, 11) is 4.06. The monoisotopic (exact) mass is 271 g/mol. The molecule has 1 heterocycles. The Hall–Kier alpha value is -0.650. The van der Waals surface area contributed by atoms with Crippen LogP contribution < -0.4 is 5.32 Å². The highest BCUT2D eigenvalue weighted by Gasteiger charge is 2.14. The van der Waals surface area contributed by atoms with Gasteiger partial charge in [-0.1, -0.05) is 12.8 Å². The molecule has 5 heteroatoms. The van der Waals surface area contributed by atoms with Crippen molar-refractivity contribution >= 4 is 5.91 Å². The van der Waals surface area contributed by atoms with Crippen molar-refractivity contribution in [2.24, 2.45) is 0 Å². The molecule has 112 valence electrons. The SMILES string of the molecule is CN(C)CCOCCNCC(=O)N1CCCCCC1. The third-order valence-corrected chi connectivity index (χ3v) is 3.34. The van der Waals surface area contributed by atoms with Crippen LogP contribution in [0.5, 0.6) is 0 Å². The molecule has 0 radical (unpaired) electrons. The molecule has 1 amide bonds. The molecule has 1 rings (SSSR count). The second-order valence-electron chi connectivity index (χ2n) is 5.39. The van der Waals surface area contributed by atoms with Gasteiger partial charge in [-0.25, -0.2) is 0 Å². The number of carbonyl (C=O) groups excluding carboxylic acids is 1. The van der Waals surface area contributed by atoms with Crippen molar-refractivity contribution < 1.29 is 9.53 Å². The second-order valence-corrected chi connectivity index (χ2v) is 5.39. The summed E-state index contributed by atoms with van der Waals surface area (Å²) in [6.07, 6.45) is 4.83. The van der Waals surface area contributed by atoms with Crippen molar-refractivity contribution in [1.29, 1.82) is 0 Å². The predicted octanol–water partition coefficient (Wildman–Crippen LogP) is 0.557. The van der Waals surface area contributed by atoms with E-state index in [1.165, 1.54) is 12.8 Å². The maximum atomic E-state index is 11.9. The molecule has 1 saturated heterocycles. The van der Waals surface area contributed by atoms with Gasteiger partial charge in [-0.3, -0.25) is 4.79 Å². The number of rotatable bonds is 8. The number of ether oxygens (including phenoxy) is 1. The molecule has 0 saturated carbocycles. The van der Waals surface area contributed by atoms with E-state index in [9.17, 15) is 4.79 Å². The minimum atomic E-state index is 0.232. The van der Waals surface area contributed by atoms with Crippen LogP contribution in [0.25, 0.3) is 0 Å². The summed E-state index contributed by atoms with van der Waals surface area (Å²) in [4.78, 5) is 16.0. The topological polar surface area (TPSA) is 44.8 Å². The number of likely N-dealkylation sites (N-methyl/N-ethyl adjacent to an activating group) is 1. The first-order chi connectivity index (χ1) is 9.20. The van der Waals surface area contributed by atoms with Crippen LogP contribution in [-0.2, 0) is 9.53 Å². The third-order valence-electron chi connectivity index (χ3n) is 3.34. The molecular weight excluding hydrogens is 242 g/mol. The average molecular weight is 271 g/mol. The van der Waals surface area contributed by atoms with Crippen LogP contribution >= 0.6 is 0 Å². The first kappa shape index (κ1) is 16.4. The minimum Gasteiger partial charge on any atom is -0.379 e. The Balaban J connectivity index is 1.97. The molecule has 0 aromatic heterocycles.